The summed E-state index contributed by atoms with van der Waals surface area (Å²) in [7, 11) is 0. The molecule has 2 rings (SSSR count). The van der Waals surface area contributed by atoms with Gasteiger partial charge in [-0.3, -0.25) is 4.79 Å². The summed E-state index contributed by atoms with van der Waals surface area (Å²) in [4.78, 5) is 18.4. The molecule has 1 aromatic heterocycles. The minimum Gasteiger partial charge on any atom is -0.384 e. The van der Waals surface area contributed by atoms with E-state index in [1.165, 1.54) is 19.3 Å². The molecule has 104 valence electrons. The third-order valence-electron chi connectivity index (χ3n) is 3.68. The van der Waals surface area contributed by atoms with Crippen LogP contribution in [0.1, 0.15) is 49.4 Å². The molecular weight excluding hydrogens is 262 g/mol. The monoisotopic (exact) mass is 281 g/mol. The molecule has 0 bridgehead atoms. The van der Waals surface area contributed by atoms with Crippen LogP contribution in [0.3, 0.4) is 0 Å². The normalized spacial score (nSPS) is 16.3. The average Bonchev–Trinajstić information content (AvgIpc) is 2.39. The number of carbonyl (C=O) groups excluding carboxylic acids is 1. The van der Waals surface area contributed by atoms with Gasteiger partial charge < -0.3 is 10.6 Å². The van der Waals surface area contributed by atoms with Gasteiger partial charge in [0.25, 0.3) is 5.91 Å². The lowest BCUT2D eigenvalue weighted by molar-refractivity contribution is 0.0648. The van der Waals surface area contributed by atoms with Crippen LogP contribution in [0, 0.1) is 0 Å². The van der Waals surface area contributed by atoms with E-state index in [1.54, 1.807) is 12.1 Å². The van der Waals surface area contributed by atoms with E-state index in [9.17, 15) is 4.79 Å². The highest BCUT2D eigenvalue weighted by molar-refractivity contribution is 6.29. The van der Waals surface area contributed by atoms with E-state index in [-0.39, 0.29) is 16.9 Å². The molecule has 1 aromatic rings. The van der Waals surface area contributed by atoms with Crippen LogP contribution in [0.5, 0.6) is 0 Å². The Morgan fingerprint density at radius 2 is 2.11 bits per heavy atom. The number of amides is 1. The van der Waals surface area contributed by atoms with E-state index in [1.807, 2.05) is 11.8 Å². The number of pyridine rings is 1. The zero-order chi connectivity index (χ0) is 13.8. The lowest BCUT2D eigenvalue weighted by Crippen LogP contribution is -2.41. The van der Waals surface area contributed by atoms with Crippen molar-refractivity contribution in [3.63, 3.8) is 0 Å². The van der Waals surface area contributed by atoms with Crippen molar-refractivity contribution in [3.8, 4) is 0 Å². The number of nitrogens with two attached hydrogens (primary N) is 1. The van der Waals surface area contributed by atoms with E-state index in [4.69, 9.17) is 17.3 Å². The Morgan fingerprint density at radius 3 is 2.68 bits per heavy atom. The number of rotatable bonds is 3. The lowest BCUT2D eigenvalue weighted by atomic mass is 9.94. The van der Waals surface area contributed by atoms with Crippen LogP contribution in [-0.2, 0) is 0 Å². The Bertz CT molecular complexity index is 438. The molecule has 2 N–H and O–H groups in total. The molecule has 0 aromatic carbocycles. The number of hydrogen-bond acceptors (Lipinski definition) is 3. The first-order valence-electron chi connectivity index (χ1n) is 6.86. The molecule has 1 aliphatic carbocycles. The maximum atomic E-state index is 12.6. The summed E-state index contributed by atoms with van der Waals surface area (Å²) < 4.78 is 0. The lowest BCUT2D eigenvalue weighted by Gasteiger charge is -2.33. The minimum atomic E-state index is 0.00500. The zero-order valence-corrected chi connectivity index (χ0v) is 12.0. The predicted molar refractivity (Wildman–Crippen MR) is 77.2 cm³/mol. The topological polar surface area (TPSA) is 59.2 Å². The van der Waals surface area contributed by atoms with Gasteiger partial charge in [-0.2, -0.15) is 0 Å². The van der Waals surface area contributed by atoms with Gasteiger partial charge in [0.05, 0.1) is 0 Å². The Labute approximate surface area is 118 Å². The van der Waals surface area contributed by atoms with Gasteiger partial charge in [-0.1, -0.05) is 30.9 Å². The third-order valence-corrected chi connectivity index (χ3v) is 3.87. The van der Waals surface area contributed by atoms with Crippen LogP contribution in [0.4, 0.5) is 5.82 Å². The predicted octanol–water partition coefficient (Wildman–Crippen LogP) is 3.11. The van der Waals surface area contributed by atoms with Crippen molar-refractivity contribution in [1.29, 1.82) is 0 Å². The number of nitrogen functional groups attached to an aromatic ring is 1. The Balaban J connectivity index is 2.19. The Kier molecular flexibility index (Phi) is 4.64. The number of halogens is 1. The average molecular weight is 282 g/mol. The molecule has 1 fully saturated rings. The van der Waals surface area contributed by atoms with Crippen LogP contribution in [-0.4, -0.2) is 28.4 Å². The maximum Gasteiger partial charge on any atom is 0.254 e. The number of nitrogens with zero attached hydrogens (tertiary/aromatic N) is 2. The molecule has 0 spiro atoms. The molecule has 0 unspecified atom stereocenters. The van der Waals surface area contributed by atoms with E-state index in [2.05, 4.69) is 4.98 Å². The second kappa shape index (κ2) is 6.24. The first kappa shape index (κ1) is 14.1. The molecule has 0 aliphatic heterocycles. The van der Waals surface area contributed by atoms with Crippen LogP contribution in [0.25, 0.3) is 0 Å². The molecule has 19 heavy (non-hydrogen) atoms. The smallest absolute Gasteiger partial charge is 0.254 e. The number of anilines is 1. The highest BCUT2D eigenvalue weighted by atomic mass is 35.5. The van der Waals surface area contributed by atoms with Gasteiger partial charge >= 0.3 is 0 Å². The van der Waals surface area contributed by atoms with Crippen LogP contribution < -0.4 is 5.73 Å². The Morgan fingerprint density at radius 1 is 1.42 bits per heavy atom. The second-order valence-corrected chi connectivity index (χ2v) is 5.37. The summed E-state index contributed by atoms with van der Waals surface area (Å²) in [6.45, 7) is 2.72. The van der Waals surface area contributed by atoms with E-state index >= 15 is 0 Å². The SMILES string of the molecule is CCN(C(=O)c1cc(N)nc(Cl)c1)C1CCCCC1. The fourth-order valence-corrected chi connectivity index (χ4v) is 2.98. The summed E-state index contributed by atoms with van der Waals surface area (Å²) >= 11 is 5.87. The van der Waals surface area contributed by atoms with Crippen molar-refractivity contribution in [2.24, 2.45) is 0 Å². The molecule has 0 radical (unpaired) electrons. The van der Waals surface area contributed by atoms with Crippen molar-refractivity contribution >= 4 is 23.3 Å². The third kappa shape index (κ3) is 3.38. The molecule has 1 heterocycles. The van der Waals surface area contributed by atoms with Gasteiger partial charge in [0, 0.05) is 18.2 Å². The summed E-state index contributed by atoms with van der Waals surface area (Å²) in [5.41, 5.74) is 6.18. The van der Waals surface area contributed by atoms with Gasteiger partial charge in [-0.05, 0) is 31.9 Å². The van der Waals surface area contributed by atoms with Gasteiger partial charge in [0.1, 0.15) is 11.0 Å². The largest absolute Gasteiger partial charge is 0.384 e. The summed E-state index contributed by atoms with van der Waals surface area (Å²) in [5, 5.41) is 0.267. The van der Waals surface area contributed by atoms with Crippen LogP contribution >= 0.6 is 11.6 Å². The number of aromatic nitrogens is 1. The quantitative estimate of drug-likeness (QED) is 0.866. The van der Waals surface area contributed by atoms with E-state index in [0.717, 1.165) is 12.8 Å². The zero-order valence-electron chi connectivity index (χ0n) is 11.2. The molecule has 5 heteroatoms. The highest BCUT2D eigenvalue weighted by Crippen LogP contribution is 2.24. The van der Waals surface area contributed by atoms with Crippen molar-refractivity contribution in [1.82, 2.24) is 9.88 Å². The van der Waals surface area contributed by atoms with Crippen LogP contribution in [0.15, 0.2) is 12.1 Å². The second-order valence-electron chi connectivity index (χ2n) is 4.99. The first-order chi connectivity index (χ1) is 9.11. The summed E-state index contributed by atoms with van der Waals surface area (Å²) in [6, 6.07) is 3.53. The van der Waals surface area contributed by atoms with Crippen molar-refractivity contribution in [2.75, 3.05) is 12.3 Å². The molecule has 1 amide bonds. The Hall–Kier alpha value is -1.29. The molecule has 1 aliphatic rings. The maximum absolute atomic E-state index is 12.6. The first-order valence-corrected chi connectivity index (χ1v) is 7.23. The fraction of sp³-hybridized carbons (Fsp3) is 0.571. The number of hydrogen-bond donors (Lipinski definition) is 1. The minimum absolute atomic E-state index is 0.00500. The van der Waals surface area contributed by atoms with Gasteiger partial charge in [0.15, 0.2) is 0 Å². The van der Waals surface area contributed by atoms with Gasteiger partial charge in [0.2, 0.25) is 0 Å². The molecule has 0 saturated heterocycles. The van der Waals surface area contributed by atoms with E-state index < -0.39 is 0 Å². The van der Waals surface area contributed by atoms with Gasteiger partial charge in [-0.25, -0.2) is 4.98 Å². The van der Waals surface area contributed by atoms with E-state index in [0.29, 0.717) is 18.2 Å². The van der Waals surface area contributed by atoms with Crippen molar-refractivity contribution in [2.45, 2.75) is 45.1 Å². The van der Waals surface area contributed by atoms with Crippen LogP contribution in [0.2, 0.25) is 5.15 Å². The van der Waals surface area contributed by atoms with Gasteiger partial charge in [-0.15, -0.1) is 0 Å². The van der Waals surface area contributed by atoms with Crippen molar-refractivity contribution in [3.05, 3.63) is 22.8 Å². The highest BCUT2D eigenvalue weighted by Gasteiger charge is 2.25. The fourth-order valence-electron chi connectivity index (χ4n) is 2.77. The van der Waals surface area contributed by atoms with Crippen molar-refractivity contribution < 1.29 is 4.79 Å². The molecule has 4 nitrogen and oxygen atoms in total. The number of carbonyl (C=O) groups is 1. The summed E-state index contributed by atoms with van der Waals surface area (Å²) in [6.07, 6.45) is 5.86. The molecule has 1 saturated carbocycles. The molecule has 0 atom stereocenters. The molecular formula is C14H20ClN3O. The summed E-state index contributed by atoms with van der Waals surface area (Å²) in [5.74, 6) is 0.293. The standard InChI is InChI=1S/C14H20ClN3O/c1-2-18(11-6-4-3-5-7-11)14(19)10-8-12(15)17-13(16)9-10/h8-9,11H,2-7H2,1H3,(H2,16,17).